The van der Waals surface area contributed by atoms with Gasteiger partial charge in [-0.05, 0) is 24.6 Å². The lowest BCUT2D eigenvalue weighted by Crippen LogP contribution is -2.19. The first-order valence-electron chi connectivity index (χ1n) is 5.62. The maximum atomic E-state index is 11.9. The first-order chi connectivity index (χ1) is 8.27. The predicted molar refractivity (Wildman–Crippen MR) is 67.8 cm³/mol. The summed E-state index contributed by atoms with van der Waals surface area (Å²) in [7, 11) is 0. The van der Waals surface area contributed by atoms with Gasteiger partial charge >= 0.3 is 0 Å². The minimum atomic E-state index is -0.165. The van der Waals surface area contributed by atoms with Crippen molar-refractivity contribution in [1.29, 1.82) is 0 Å². The molecular formula is C15H14NO. The van der Waals surface area contributed by atoms with Gasteiger partial charge in [-0.15, -0.1) is 0 Å². The zero-order chi connectivity index (χ0) is 12.1. The summed E-state index contributed by atoms with van der Waals surface area (Å²) < 4.78 is 0. The van der Waals surface area contributed by atoms with E-state index in [1.165, 1.54) is 0 Å². The zero-order valence-corrected chi connectivity index (χ0v) is 9.71. The zero-order valence-electron chi connectivity index (χ0n) is 9.71. The molecule has 1 unspecified atom stereocenters. The number of hydrogen-bond acceptors (Lipinski definition) is 1. The lowest BCUT2D eigenvalue weighted by atomic mass is 10.1. The van der Waals surface area contributed by atoms with E-state index >= 15 is 0 Å². The summed E-state index contributed by atoms with van der Waals surface area (Å²) in [5.74, 6) is -0.165. The first-order valence-corrected chi connectivity index (χ1v) is 5.62. The van der Waals surface area contributed by atoms with E-state index in [1.807, 2.05) is 55.5 Å². The molecular weight excluding hydrogens is 210 g/mol. The van der Waals surface area contributed by atoms with E-state index in [0.29, 0.717) is 5.56 Å². The summed E-state index contributed by atoms with van der Waals surface area (Å²) in [4.78, 5) is 11.9. The van der Waals surface area contributed by atoms with E-state index < -0.39 is 0 Å². The van der Waals surface area contributed by atoms with Crippen LogP contribution in [0.3, 0.4) is 0 Å². The lowest BCUT2D eigenvalue weighted by Gasteiger charge is -2.11. The fourth-order valence-electron chi connectivity index (χ4n) is 1.64. The van der Waals surface area contributed by atoms with Crippen LogP contribution in [0.15, 0.2) is 60.7 Å². The Morgan fingerprint density at radius 1 is 0.941 bits per heavy atom. The molecule has 2 nitrogen and oxygen atoms in total. The van der Waals surface area contributed by atoms with E-state index in [2.05, 4.69) is 5.32 Å². The topological polar surface area (TPSA) is 31.2 Å². The van der Waals surface area contributed by atoms with Crippen LogP contribution in [-0.2, 0) is 0 Å². The molecule has 2 heteroatoms. The molecule has 17 heavy (non-hydrogen) atoms. The quantitative estimate of drug-likeness (QED) is 0.787. The molecule has 0 saturated heterocycles. The fourth-order valence-corrected chi connectivity index (χ4v) is 1.64. The molecule has 0 spiro atoms. The van der Waals surface area contributed by atoms with Crippen LogP contribution in [0, 0.1) is 0 Å². The number of amides is 1. The second kappa shape index (κ2) is 5.30. The number of carbonyl (C=O) groups is 1. The van der Waals surface area contributed by atoms with Gasteiger partial charge in [-0.1, -0.05) is 48.5 Å². The number of rotatable bonds is 3. The van der Waals surface area contributed by atoms with Gasteiger partial charge in [-0.3, -0.25) is 4.79 Å². The smallest absolute Gasteiger partial charge is 0.267 e. The van der Waals surface area contributed by atoms with Crippen LogP contribution in [0.2, 0.25) is 0 Å². The van der Waals surface area contributed by atoms with Crippen LogP contribution in [0.25, 0.3) is 0 Å². The average Bonchev–Trinajstić information content (AvgIpc) is 2.40. The molecule has 0 aliphatic heterocycles. The minimum absolute atomic E-state index is 0.107. The molecule has 0 heterocycles. The molecule has 2 aromatic carbocycles. The highest BCUT2D eigenvalue weighted by Gasteiger charge is 2.12. The molecule has 0 N–H and O–H groups in total. The van der Waals surface area contributed by atoms with Crippen LogP contribution in [0.4, 0.5) is 0 Å². The maximum Gasteiger partial charge on any atom is 0.273 e. The Hall–Kier alpha value is -2.09. The van der Waals surface area contributed by atoms with Gasteiger partial charge in [-0.2, -0.15) is 0 Å². The maximum absolute atomic E-state index is 11.9. The Morgan fingerprint density at radius 3 is 2.06 bits per heavy atom. The molecule has 0 aliphatic carbocycles. The number of carbonyl (C=O) groups excluding carboxylic acids is 1. The highest BCUT2D eigenvalue weighted by molar-refractivity contribution is 5.94. The second-order valence-electron chi connectivity index (χ2n) is 3.89. The SMILES string of the molecule is CC([N]C(=O)c1ccccc1)c1ccccc1. The number of benzene rings is 2. The molecule has 2 aromatic rings. The molecule has 0 bridgehead atoms. The Bertz CT molecular complexity index is 479. The van der Waals surface area contributed by atoms with Crippen molar-refractivity contribution < 1.29 is 4.79 Å². The van der Waals surface area contributed by atoms with E-state index in [0.717, 1.165) is 5.56 Å². The third-order valence-corrected chi connectivity index (χ3v) is 2.61. The molecule has 85 valence electrons. The summed E-state index contributed by atoms with van der Waals surface area (Å²) >= 11 is 0. The Labute approximate surface area is 101 Å². The van der Waals surface area contributed by atoms with Crippen LogP contribution in [0.1, 0.15) is 28.9 Å². The molecule has 1 radical (unpaired) electrons. The van der Waals surface area contributed by atoms with Gasteiger partial charge in [-0.25, -0.2) is 5.32 Å². The molecule has 0 saturated carbocycles. The second-order valence-corrected chi connectivity index (χ2v) is 3.89. The van der Waals surface area contributed by atoms with Gasteiger partial charge in [0.1, 0.15) is 0 Å². The normalized spacial score (nSPS) is 11.8. The van der Waals surface area contributed by atoms with Gasteiger partial charge in [0.2, 0.25) is 0 Å². The van der Waals surface area contributed by atoms with Crippen molar-refractivity contribution in [3.8, 4) is 0 Å². The third kappa shape index (κ3) is 2.94. The van der Waals surface area contributed by atoms with Crippen LogP contribution in [0.5, 0.6) is 0 Å². The van der Waals surface area contributed by atoms with Crippen molar-refractivity contribution in [2.45, 2.75) is 13.0 Å². The Kier molecular flexibility index (Phi) is 3.55. The van der Waals surface area contributed by atoms with E-state index in [9.17, 15) is 4.79 Å². The molecule has 0 aliphatic rings. The Balaban J connectivity index is 2.05. The first kappa shape index (κ1) is 11.4. The van der Waals surface area contributed by atoms with Gasteiger partial charge in [0.25, 0.3) is 5.91 Å². The summed E-state index contributed by atoms with van der Waals surface area (Å²) in [5, 5.41) is 4.18. The third-order valence-electron chi connectivity index (χ3n) is 2.61. The van der Waals surface area contributed by atoms with E-state index in [1.54, 1.807) is 12.1 Å². The molecule has 0 fully saturated rings. The monoisotopic (exact) mass is 224 g/mol. The van der Waals surface area contributed by atoms with Crippen molar-refractivity contribution in [2.75, 3.05) is 0 Å². The van der Waals surface area contributed by atoms with Crippen molar-refractivity contribution in [2.24, 2.45) is 0 Å². The Morgan fingerprint density at radius 2 is 1.47 bits per heavy atom. The van der Waals surface area contributed by atoms with Crippen LogP contribution in [-0.4, -0.2) is 5.91 Å². The molecule has 1 atom stereocenters. The average molecular weight is 224 g/mol. The summed E-state index contributed by atoms with van der Waals surface area (Å²) in [6.45, 7) is 1.93. The van der Waals surface area contributed by atoms with Crippen LogP contribution < -0.4 is 5.32 Å². The van der Waals surface area contributed by atoms with Crippen molar-refractivity contribution >= 4 is 5.91 Å². The standard InChI is InChI=1S/C15H14NO/c1-12(13-8-4-2-5-9-13)16-15(17)14-10-6-3-7-11-14/h2-12H,1H3. The van der Waals surface area contributed by atoms with Crippen molar-refractivity contribution in [3.63, 3.8) is 0 Å². The molecule has 0 aromatic heterocycles. The summed E-state index contributed by atoms with van der Waals surface area (Å²) in [6, 6.07) is 18.8. The fraction of sp³-hybridized carbons (Fsp3) is 0.133. The van der Waals surface area contributed by atoms with Gasteiger partial charge in [0.05, 0.1) is 6.04 Å². The van der Waals surface area contributed by atoms with Crippen LogP contribution >= 0.6 is 0 Å². The summed E-state index contributed by atoms with van der Waals surface area (Å²) in [5.41, 5.74) is 1.69. The lowest BCUT2D eigenvalue weighted by molar-refractivity contribution is 0.0934. The van der Waals surface area contributed by atoms with Gasteiger partial charge in [0, 0.05) is 5.56 Å². The van der Waals surface area contributed by atoms with E-state index in [-0.39, 0.29) is 11.9 Å². The minimum Gasteiger partial charge on any atom is -0.267 e. The van der Waals surface area contributed by atoms with Gasteiger partial charge < -0.3 is 0 Å². The van der Waals surface area contributed by atoms with Gasteiger partial charge in [0.15, 0.2) is 0 Å². The highest BCUT2D eigenvalue weighted by Crippen LogP contribution is 2.13. The van der Waals surface area contributed by atoms with Crippen molar-refractivity contribution in [3.05, 3.63) is 71.8 Å². The molecule has 1 amide bonds. The number of hydrogen-bond donors (Lipinski definition) is 0. The largest absolute Gasteiger partial charge is 0.273 e. The predicted octanol–water partition coefficient (Wildman–Crippen LogP) is 3.19. The molecule has 2 rings (SSSR count). The van der Waals surface area contributed by atoms with E-state index in [4.69, 9.17) is 0 Å². The highest BCUT2D eigenvalue weighted by atomic mass is 16.1. The number of nitrogens with zero attached hydrogens (tertiary/aromatic N) is 1. The summed E-state index contributed by atoms with van der Waals surface area (Å²) in [6.07, 6.45) is 0. The van der Waals surface area contributed by atoms with Crippen molar-refractivity contribution in [1.82, 2.24) is 5.32 Å².